The number of nitrogens with two attached hydrogens (primary N) is 2. The molecule has 3 rings (SSSR count). The Morgan fingerprint density at radius 2 is 1.90 bits per heavy atom. The van der Waals surface area contributed by atoms with Crippen LogP contribution in [0.4, 0.5) is 0 Å². The van der Waals surface area contributed by atoms with E-state index in [2.05, 4.69) is 59.4 Å². The van der Waals surface area contributed by atoms with Crippen LogP contribution in [-0.2, 0) is 0 Å². The first kappa shape index (κ1) is 13.4. The van der Waals surface area contributed by atoms with E-state index < -0.39 is 0 Å². The summed E-state index contributed by atoms with van der Waals surface area (Å²) in [5.74, 6) is 0.0208. The normalized spacial score (nSPS) is 10.5. The van der Waals surface area contributed by atoms with Crippen molar-refractivity contribution in [2.75, 3.05) is 0 Å². The van der Waals surface area contributed by atoms with Gasteiger partial charge in [0.25, 0.3) is 0 Å². The van der Waals surface area contributed by atoms with Gasteiger partial charge < -0.3 is 11.5 Å². The van der Waals surface area contributed by atoms with Crippen molar-refractivity contribution in [1.29, 1.82) is 0 Å². The van der Waals surface area contributed by atoms with Gasteiger partial charge in [-0.15, -0.1) is 11.3 Å². The number of hydrogen-bond acceptors (Lipinski definition) is 2. The maximum atomic E-state index is 5.40. The molecule has 0 aliphatic rings. The number of aliphatic imine (C=N–C) groups is 1. The first-order chi connectivity index (χ1) is 10.1. The molecule has 0 unspecified atom stereocenters. The minimum atomic E-state index is 0.0208. The fourth-order valence-electron chi connectivity index (χ4n) is 2.33. The maximum Gasteiger partial charge on any atom is 0.191 e. The highest BCUT2D eigenvalue weighted by atomic mass is 32.1. The molecule has 21 heavy (non-hydrogen) atoms. The lowest BCUT2D eigenvalue weighted by Crippen LogP contribution is -2.22. The third-order valence-corrected chi connectivity index (χ3v) is 4.17. The van der Waals surface area contributed by atoms with Crippen molar-refractivity contribution in [2.45, 2.75) is 0 Å². The molecule has 2 aromatic carbocycles. The summed E-state index contributed by atoms with van der Waals surface area (Å²) in [5.41, 5.74) is 13.5. The van der Waals surface area contributed by atoms with Crippen molar-refractivity contribution < 1.29 is 0 Å². The van der Waals surface area contributed by atoms with E-state index in [0.717, 1.165) is 10.9 Å². The molecule has 0 radical (unpaired) electrons. The zero-order valence-electron chi connectivity index (χ0n) is 11.4. The quantitative estimate of drug-likeness (QED) is 0.569. The molecule has 0 spiro atoms. The zero-order chi connectivity index (χ0) is 14.8. The molecule has 0 aliphatic heterocycles. The predicted octanol–water partition coefficient (Wildman–Crippen LogP) is 3.81. The number of nitrogens with zero attached hydrogens (tertiary/aromatic N) is 1. The van der Waals surface area contributed by atoms with Crippen molar-refractivity contribution in [2.24, 2.45) is 16.5 Å². The first-order valence-electron chi connectivity index (χ1n) is 6.51. The molecule has 0 amide bonds. The molecule has 0 atom stereocenters. The van der Waals surface area contributed by atoms with Crippen LogP contribution in [0.5, 0.6) is 0 Å². The van der Waals surface area contributed by atoms with Crippen molar-refractivity contribution in [1.82, 2.24) is 0 Å². The Balaban J connectivity index is 2.12. The second kappa shape index (κ2) is 5.42. The number of guanidine groups is 1. The summed E-state index contributed by atoms with van der Waals surface area (Å²) in [6.45, 7) is 3.90. The maximum absolute atomic E-state index is 5.40. The van der Waals surface area contributed by atoms with Crippen molar-refractivity contribution in [3.8, 4) is 10.4 Å². The van der Waals surface area contributed by atoms with E-state index in [9.17, 15) is 0 Å². The van der Waals surface area contributed by atoms with Crippen molar-refractivity contribution >= 4 is 33.8 Å². The summed E-state index contributed by atoms with van der Waals surface area (Å²) in [5, 5.41) is 4.44. The molecular formula is C17H15N3S. The lowest BCUT2D eigenvalue weighted by atomic mass is 10.0. The number of benzene rings is 2. The Hall–Kier alpha value is -2.59. The van der Waals surface area contributed by atoms with Gasteiger partial charge in [-0.1, -0.05) is 43.0 Å². The molecule has 0 saturated carbocycles. The summed E-state index contributed by atoms with van der Waals surface area (Å²) in [6, 6.07) is 16.6. The van der Waals surface area contributed by atoms with Crippen LogP contribution >= 0.6 is 11.3 Å². The van der Waals surface area contributed by atoms with E-state index in [1.165, 1.54) is 15.8 Å². The molecule has 0 fully saturated rings. The first-order valence-corrected chi connectivity index (χ1v) is 7.38. The van der Waals surface area contributed by atoms with Gasteiger partial charge in [0.15, 0.2) is 5.96 Å². The lowest BCUT2D eigenvalue weighted by molar-refractivity contribution is 1.44. The molecule has 104 valence electrons. The summed E-state index contributed by atoms with van der Waals surface area (Å²) in [4.78, 5) is 5.27. The Bertz CT molecular complexity index is 828. The number of rotatable bonds is 3. The molecule has 0 bridgehead atoms. The van der Waals surface area contributed by atoms with Gasteiger partial charge in [-0.25, -0.2) is 4.99 Å². The Morgan fingerprint density at radius 1 is 1.05 bits per heavy atom. The Labute approximate surface area is 127 Å². The van der Waals surface area contributed by atoms with E-state index >= 15 is 0 Å². The zero-order valence-corrected chi connectivity index (χ0v) is 12.2. The number of thiophene rings is 1. The highest BCUT2D eigenvalue weighted by molar-refractivity contribution is 7.13. The van der Waals surface area contributed by atoms with Crippen LogP contribution < -0.4 is 11.5 Å². The molecule has 4 heteroatoms. The average Bonchev–Trinajstić information content (AvgIpc) is 2.99. The fraction of sp³-hybridized carbons (Fsp3) is 0. The van der Waals surface area contributed by atoms with Crippen LogP contribution in [0, 0.1) is 0 Å². The van der Waals surface area contributed by atoms with Gasteiger partial charge in [0.05, 0.1) is 5.70 Å². The van der Waals surface area contributed by atoms with Crippen LogP contribution in [0.1, 0.15) is 5.56 Å². The molecule has 0 saturated heterocycles. The van der Waals surface area contributed by atoms with Crippen LogP contribution in [0.15, 0.2) is 65.5 Å². The van der Waals surface area contributed by atoms with Crippen LogP contribution in [-0.4, -0.2) is 5.96 Å². The van der Waals surface area contributed by atoms with E-state index in [1.54, 1.807) is 11.3 Å². The molecular weight excluding hydrogens is 278 g/mol. The molecule has 1 aromatic heterocycles. The van der Waals surface area contributed by atoms with Gasteiger partial charge in [0.1, 0.15) is 0 Å². The summed E-state index contributed by atoms with van der Waals surface area (Å²) >= 11 is 1.74. The van der Waals surface area contributed by atoms with Gasteiger partial charge in [0.2, 0.25) is 0 Å². The Morgan fingerprint density at radius 3 is 2.62 bits per heavy atom. The second-order valence-corrected chi connectivity index (χ2v) is 5.65. The van der Waals surface area contributed by atoms with Crippen LogP contribution in [0.2, 0.25) is 0 Å². The Kier molecular flexibility index (Phi) is 3.46. The van der Waals surface area contributed by atoms with Gasteiger partial charge in [-0.3, -0.25) is 0 Å². The molecule has 3 aromatic rings. The summed E-state index contributed by atoms with van der Waals surface area (Å²) < 4.78 is 0. The summed E-state index contributed by atoms with van der Waals surface area (Å²) in [7, 11) is 0. The van der Waals surface area contributed by atoms with E-state index in [0.29, 0.717) is 5.70 Å². The predicted molar refractivity (Wildman–Crippen MR) is 92.1 cm³/mol. The number of fused-ring (bicyclic) bond motifs is 1. The minimum Gasteiger partial charge on any atom is -0.370 e. The highest BCUT2D eigenvalue weighted by Crippen LogP contribution is 2.32. The largest absolute Gasteiger partial charge is 0.370 e. The standard InChI is InChI=1S/C17H15N3S/c1-11(20-17(18)19)12-7-8-14-13(10-12)4-2-5-15(14)16-6-3-9-21-16/h2-10H,1H2,(H4,18,19,20). The third-order valence-electron chi connectivity index (χ3n) is 3.26. The minimum absolute atomic E-state index is 0.0208. The lowest BCUT2D eigenvalue weighted by Gasteiger charge is -2.07. The van der Waals surface area contributed by atoms with Gasteiger partial charge in [-0.2, -0.15) is 0 Å². The van der Waals surface area contributed by atoms with E-state index in [-0.39, 0.29) is 5.96 Å². The third kappa shape index (κ3) is 2.66. The van der Waals surface area contributed by atoms with Gasteiger partial charge >= 0.3 is 0 Å². The summed E-state index contributed by atoms with van der Waals surface area (Å²) in [6.07, 6.45) is 0. The van der Waals surface area contributed by atoms with Gasteiger partial charge in [-0.05, 0) is 33.8 Å². The average molecular weight is 293 g/mol. The SMILES string of the molecule is C=C(N=C(N)N)c1ccc2c(-c3cccs3)cccc2c1. The molecule has 1 heterocycles. The van der Waals surface area contributed by atoms with E-state index in [4.69, 9.17) is 11.5 Å². The van der Waals surface area contributed by atoms with Crippen molar-refractivity contribution in [3.63, 3.8) is 0 Å². The molecule has 4 N–H and O–H groups in total. The second-order valence-electron chi connectivity index (χ2n) is 4.70. The highest BCUT2D eigenvalue weighted by Gasteiger charge is 2.06. The smallest absolute Gasteiger partial charge is 0.191 e. The van der Waals surface area contributed by atoms with Crippen molar-refractivity contribution in [3.05, 3.63) is 66.1 Å². The fourth-order valence-corrected chi connectivity index (χ4v) is 3.10. The van der Waals surface area contributed by atoms with Gasteiger partial charge in [0, 0.05) is 10.4 Å². The van der Waals surface area contributed by atoms with Crippen LogP contribution in [0.25, 0.3) is 26.9 Å². The topological polar surface area (TPSA) is 64.4 Å². The molecule has 3 nitrogen and oxygen atoms in total. The monoisotopic (exact) mass is 293 g/mol. The van der Waals surface area contributed by atoms with E-state index in [1.807, 2.05) is 6.07 Å². The van der Waals surface area contributed by atoms with Crippen LogP contribution in [0.3, 0.4) is 0 Å². The molecule has 0 aliphatic carbocycles. The number of hydrogen-bond donors (Lipinski definition) is 2.